The summed E-state index contributed by atoms with van der Waals surface area (Å²) >= 11 is 3.78. The molecule has 100 valence electrons. The standard InChI is InChI=1S/C9H17NO6S/c1-15-9-6(10-5(12)3-17)8(14)7(13)4(2-11)16-9/h4,6-9,11,13-14,17H,2-3H2,1H3,(H,10,12)/t4?,6?,7-,8+,9+/m0/s1. The van der Waals surface area contributed by atoms with Crippen LogP contribution in [0.5, 0.6) is 0 Å². The summed E-state index contributed by atoms with van der Waals surface area (Å²) in [4.78, 5) is 11.2. The SMILES string of the molecule is CO[C@@H]1OC(CO)[C@H](O)[C@H](O)C1NC(=O)CS. The Morgan fingerprint density at radius 3 is 2.59 bits per heavy atom. The minimum atomic E-state index is -1.29. The molecular formula is C9H17NO6S. The van der Waals surface area contributed by atoms with Crippen LogP contribution >= 0.6 is 12.6 Å². The molecule has 1 aliphatic heterocycles. The maximum absolute atomic E-state index is 11.2. The maximum atomic E-state index is 11.2. The molecule has 5 atom stereocenters. The Kier molecular flexibility index (Phi) is 5.63. The van der Waals surface area contributed by atoms with E-state index in [4.69, 9.17) is 14.6 Å². The fraction of sp³-hybridized carbons (Fsp3) is 0.889. The van der Waals surface area contributed by atoms with E-state index in [-0.39, 0.29) is 5.75 Å². The summed E-state index contributed by atoms with van der Waals surface area (Å²) in [5.74, 6) is -0.475. The largest absolute Gasteiger partial charge is 0.394 e. The van der Waals surface area contributed by atoms with Crippen LogP contribution in [0.3, 0.4) is 0 Å². The number of methoxy groups -OCH3 is 1. The molecule has 8 heteroatoms. The van der Waals surface area contributed by atoms with Crippen LogP contribution in [0.15, 0.2) is 0 Å². The molecule has 2 unspecified atom stereocenters. The molecule has 0 bridgehead atoms. The van der Waals surface area contributed by atoms with E-state index in [1.807, 2.05) is 0 Å². The number of carbonyl (C=O) groups excluding carboxylic acids is 1. The van der Waals surface area contributed by atoms with E-state index in [0.717, 1.165) is 0 Å². The highest BCUT2D eigenvalue weighted by molar-refractivity contribution is 7.81. The number of aliphatic hydroxyl groups excluding tert-OH is 3. The topological polar surface area (TPSA) is 108 Å². The first kappa shape index (κ1) is 14.7. The third-order valence-corrected chi connectivity index (χ3v) is 2.87. The van der Waals surface area contributed by atoms with Gasteiger partial charge in [-0.05, 0) is 0 Å². The zero-order chi connectivity index (χ0) is 13.0. The second-order valence-electron chi connectivity index (χ2n) is 3.69. The van der Waals surface area contributed by atoms with Crippen molar-refractivity contribution in [1.82, 2.24) is 5.32 Å². The highest BCUT2D eigenvalue weighted by atomic mass is 32.1. The van der Waals surface area contributed by atoms with Crippen molar-refractivity contribution in [2.45, 2.75) is 30.6 Å². The molecule has 7 nitrogen and oxygen atoms in total. The van der Waals surface area contributed by atoms with Crippen molar-refractivity contribution in [2.24, 2.45) is 0 Å². The molecule has 1 fully saturated rings. The van der Waals surface area contributed by atoms with Gasteiger partial charge in [-0.15, -0.1) is 0 Å². The number of nitrogens with one attached hydrogen (secondary N) is 1. The molecule has 17 heavy (non-hydrogen) atoms. The quantitative estimate of drug-likeness (QED) is 0.360. The smallest absolute Gasteiger partial charge is 0.230 e. The van der Waals surface area contributed by atoms with E-state index in [1.165, 1.54) is 7.11 Å². The van der Waals surface area contributed by atoms with Gasteiger partial charge < -0.3 is 30.1 Å². The summed E-state index contributed by atoms with van der Waals surface area (Å²) in [6.45, 7) is -0.453. The molecule has 0 aromatic heterocycles. The van der Waals surface area contributed by atoms with Gasteiger partial charge in [-0.1, -0.05) is 0 Å². The Bertz CT molecular complexity index is 264. The lowest BCUT2D eigenvalue weighted by atomic mass is 9.97. The third kappa shape index (κ3) is 3.30. The van der Waals surface area contributed by atoms with Gasteiger partial charge in [-0.3, -0.25) is 4.79 Å². The Morgan fingerprint density at radius 2 is 2.12 bits per heavy atom. The van der Waals surface area contributed by atoms with Gasteiger partial charge in [0.25, 0.3) is 0 Å². The van der Waals surface area contributed by atoms with Crippen LogP contribution < -0.4 is 5.32 Å². The Balaban J connectivity index is 2.75. The number of hydrogen-bond donors (Lipinski definition) is 5. The van der Waals surface area contributed by atoms with Crippen molar-refractivity contribution in [3.63, 3.8) is 0 Å². The molecule has 1 amide bonds. The number of hydrogen-bond acceptors (Lipinski definition) is 7. The lowest BCUT2D eigenvalue weighted by molar-refractivity contribution is -0.262. The average molecular weight is 267 g/mol. The van der Waals surface area contributed by atoms with Crippen molar-refractivity contribution < 1.29 is 29.6 Å². The second-order valence-corrected chi connectivity index (χ2v) is 4.01. The summed E-state index contributed by atoms with van der Waals surface area (Å²) in [6, 6.07) is -0.905. The van der Waals surface area contributed by atoms with Gasteiger partial charge in [-0.25, -0.2) is 0 Å². The van der Waals surface area contributed by atoms with E-state index < -0.39 is 43.2 Å². The first-order chi connectivity index (χ1) is 8.04. The van der Waals surface area contributed by atoms with Gasteiger partial charge in [0.15, 0.2) is 6.29 Å². The number of carbonyl (C=O) groups is 1. The van der Waals surface area contributed by atoms with E-state index in [2.05, 4.69) is 17.9 Å². The summed E-state index contributed by atoms with van der Waals surface area (Å²) < 4.78 is 10.2. The molecule has 0 saturated carbocycles. The number of rotatable bonds is 4. The first-order valence-electron chi connectivity index (χ1n) is 5.10. The van der Waals surface area contributed by atoms with Gasteiger partial charge >= 0.3 is 0 Å². The molecule has 1 saturated heterocycles. The van der Waals surface area contributed by atoms with Crippen molar-refractivity contribution in [1.29, 1.82) is 0 Å². The zero-order valence-corrected chi connectivity index (χ0v) is 10.2. The summed E-state index contributed by atoms with van der Waals surface area (Å²) in [7, 11) is 1.34. The second kappa shape index (κ2) is 6.53. The van der Waals surface area contributed by atoms with E-state index in [1.54, 1.807) is 0 Å². The van der Waals surface area contributed by atoms with E-state index in [9.17, 15) is 15.0 Å². The number of aliphatic hydroxyl groups is 3. The van der Waals surface area contributed by atoms with Crippen molar-refractivity contribution in [3.8, 4) is 0 Å². The maximum Gasteiger partial charge on any atom is 0.230 e. The highest BCUT2D eigenvalue weighted by Gasteiger charge is 2.44. The van der Waals surface area contributed by atoms with Gasteiger partial charge in [0.2, 0.25) is 5.91 Å². The highest BCUT2D eigenvalue weighted by Crippen LogP contribution is 2.21. The Morgan fingerprint density at radius 1 is 1.47 bits per heavy atom. The minimum absolute atomic E-state index is 0.0564. The molecule has 4 N–H and O–H groups in total. The minimum Gasteiger partial charge on any atom is -0.394 e. The number of ether oxygens (including phenoxy) is 2. The van der Waals surface area contributed by atoms with Gasteiger partial charge in [-0.2, -0.15) is 12.6 Å². The van der Waals surface area contributed by atoms with Crippen LogP contribution in [0.2, 0.25) is 0 Å². The molecule has 0 aromatic rings. The van der Waals surface area contributed by atoms with Crippen LogP contribution in [0, 0.1) is 0 Å². The lowest BCUT2D eigenvalue weighted by Crippen LogP contribution is -2.64. The molecular weight excluding hydrogens is 250 g/mol. The molecule has 1 rings (SSSR count). The zero-order valence-electron chi connectivity index (χ0n) is 9.31. The van der Waals surface area contributed by atoms with Gasteiger partial charge in [0.05, 0.1) is 12.4 Å². The summed E-state index contributed by atoms with van der Waals surface area (Å²) in [6.07, 6.45) is -4.46. The van der Waals surface area contributed by atoms with Crippen LogP contribution in [-0.2, 0) is 14.3 Å². The van der Waals surface area contributed by atoms with Crippen LogP contribution in [0.25, 0.3) is 0 Å². The number of amides is 1. The van der Waals surface area contributed by atoms with Gasteiger partial charge in [0.1, 0.15) is 24.4 Å². The van der Waals surface area contributed by atoms with Crippen molar-refractivity contribution in [2.75, 3.05) is 19.5 Å². The van der Waals surface area contributed by atoms with Crippen molar-refractivity contribution in [3.05, 3.63) is 0 Å². The van der Waals surface area contributed by atoms with E-state index >= 15 is 0 Å². The normalized spacial score (nSPS) is 37.8. The molecule has 1 heterocycles. The van der Waals surface area contributed by atoms with E-state index in [0.29, 0.717) is 0 Å². The van der Waals surface area contributed by atoms with Crippen LogP contribution in [-0.4, -0.2) is 71.3 Å². The van der Waals surface area contributed by atoms with Crippen LogP contribution in [0.4, 0.5) is 0 Å². The predicted octanol–water partition coefficient (Wildman–Crippen LogP) is -2.51. The average Bonchev–Trinajstić information content (AvgIpc) is 2.35. The molecule has 0 spiro atoms. The molecule has 0 aliphatic carbocycles. The third-order valence-electron chi connectivity index (χ3n) is 2.58. The number of thiol groups is 1. The molecule has 0 aromatic carbocycles. The predicted molar refractivity (Wildman–Crippen MR) is 60.6 cm³/mol. The molecule has 0 radical (unpaired) electrons. The van der Waals surface area contributed by atoms with Gasteiger partial charge in [0, 0.05) is 7.11 Å². The first-order valence-corrected chi connectivity index (χ1v) is 5.73. The summed E-state index contributed by atoms with van der Waals surface area (Å²) in [5.41, 5.74) is 0. The van der Waals surface area contributed by atoms with Crippen molar-refractivity contribution >= 4 is 18.5 Å². The van der Waals surface area contributed by atoms with Crippen LogP contribution in [0.1, 0.15) is 0 Å². The summed E-state index contributed by atoms with van der Waals surface area (Å²) in [5, 5.41) is 30.9. The monoisotopic (exact) mass is 267 g/mol. The fourth-order valence-corrected chi connectivity index (χ4v) is 1.76. The fourth-order valence-electron chi connectivity index (χ4n) is 1.67. The molecule has 1 aliphatic rings. The lowest BCUT2D eigenvalue weighted by Gasteiger charge is -2.41. The Labute approximate surface area is 104 Å². The Hall–Kier alpha value is -0.380.